The fourth-order valence-corrected chi connectivity index (χ4v) is 3.20. The molecule has 0 radical (unpaired) electrons. The van der Waals surface area contributed by atoms with Gasteiger partial charge in [0.05, 0.1) is 0 Å². The Morgan fingerprint density at radius 3 is 2.45 bits per heavy atom. The van der Waals surface area contributed by atoms with Crippen molar-refractivity contribution in [1.82, 2.24) is 10.6 Å². The van der Waals surface area contributed by atoms with Crippen LogP contribution in [0.2, 0.25) is 0 Å². The first kappa shape index (κ1) is 15.1. The number of amides is 2. The van der Waals surface area contributed by atoms with Crippen molar-refractivity contribution in [3.63, 3.8) is 0 Å². The quantitative estimate of drug-likeness (QED) is 0.776. The van der Waals surface area contributed by atoms with Gasteiger partial charge in [-0.3, -0.25) is 4.79 Å². The van der Waals surface area contributed by atoms with Crippen LogP contribution in [-0.2, 0) is 9.53 Å². The van der Waals surface area contributed by atoms with Crippen molar-refractivity contribution >= 4 is 12.0 Å². The first-order valence-corrected chi connectivity index (χ1v) is 7.61. The predicted octanol–water partition coefficient (Wildman–Crippen LogP) is 2.49. The molecule has 5 nitrogen and oxygen atoms in total. The molecule has 1 aliphatic heterocycles. The maximum atomic E-state index is 12.3. The van der Waals surface area contributed by atoms with E-state index in [1.54, 1.807) is 0 Å². The Bertz CT molecular complexity index is 381. The molecule has 1 saturated carbocycles. The van der Waals surface area contributed by atoms with Crippen molar-refractivity contribution in [1.29, 1.82) is 0 Å². The molecule has 2 amide bonds. The molecule has 2 N–H and O–H groups in total. The second-order valence-electron chi connectivity index (χ2n) is 7.07. The van der Waals surface area contributed by atoms with Crippen LogP contribution in [0.5, 0.6) is 0 Å². The van der Waals surface area contributed by atoms with Crippen molar-refractivity contribution in [3.05, 3.63) is 0 Å². The van der Waals surface area contributed by atoms with Gasteiger partial charge in [-0.05, 0) is 52.9 Å². The van der Waals surface area contributed by atoms with Crippen LogP contribution in [0.25, 0.3) is 0 Å². The monoisotopic (exact) mass is 282 g/mol. The summed E-state index contributed by atoms with van der Waals surface area (Å²) < 4.78 is 5.22. The fourth-order valence-electron chi connectivity index (χ4n) is 3.20. The van der Waals surface area contributed by atoms with E-state index >= 15 is 0 Å². The summed E-state index contributed by atoms with van der Waals surface area (Å²) in [5, 5.41) is 5.86. The summed E-state index contributed by atoms with van der Waals surface area (Å²) >= 11 is 0. The zero-order chi connectivity index (χ0) is 14.8. The van der Waals surface area contributed by atoms with Gasteiger partial charge < -0.3 is 15.4 Å². The normalized spacial score (nSPS) is 25.9. The molecule has 2 aliphatic rings. The Morgan fingerprint density at radius 2 is 1.85 bits per heavy atom. The molecule has 114 valence electrons. The van der Waals surface area contributed by atoms with Crippen molar-refractivity contribution in [2.75, 3.05) is 0 Å². The largest absolute Gasteiger partial charge is 0.444 e. The molecule has 0 bridgehead atoms. The van der Waals surface area contributed by atoms with Crippen LogP contribution >= 0.6 is 0 Å². The number of nitrogens with one attached hydrogen (secondary N) is 2. The van der Waals surface area contributed by atoms with Crippen molar-refractivity contribution in [2.24, 2.45) is 0 Å². The average Bonchev–Trinajstić information content (AvgIpc) is 2.67. The first-order valence-electron chi connectivity index (χ1n) is 7.61. The standard InChI is InChI=1S/C15H26N2O3/c1-14(2,3)20-13(19)16-11-7-6-10-15(17-12(11)18)8-4-5-9-15/h11H,4-10H2,1-3H3,(H,16,19)(H,17,18). The molecule has 0 aromatic rings. The van der Waals surface area contributed by atoms with Gasteiger partial charge in [0.1, 0.15) is 11.6 Å². The molecule has 2 rings (SSSR count). The molecule has 20 heavy (non-hydrogen) atoms. The molecule has 0 aromatic carbocycles. The summed E-state index contributed by atoms with van der Waals surface area (Å²) in [4.78, 5) is 24.1. The molecule has 1 atom stereocenters. The van der Waals surface area contributed by atoms with Gasteiger partial charge in [0.25, 0.3) is 0 Å². The number of hydrogen-bond acceptors (Lipinski definition) is 3. The van der Waals surface area contributed by atoms with Gasteiger partial charge in [0, 0.05) is 5.54 Å². The number of alkyl carbamates (subject to hydrolysis) is 1. The Kier molecular flexibility index (Phi) is 4.25. The van der Waals surface area contributed by atoms with E-state index < -0.39 is 17.7 Å². The first-order chi connectivity index (χ1) is 9.30. The molecule has 5 heteroatoms. The van der Waals surface area contributed by atoms with Crippen LogP contribution in [-0.4, -0.2) is 29.2 Å². The lowest BCUT2D eigenvalue weighted by Crippen LogP contribution is -2.52. The van der Waals surface area contributed by atoms with E-state index in [4.69, 9.17) is 4.74 Å². The molecule has 0 aromatic heterocycles. The van der Waals surface area contributed by atoms with Gasteiger partial charge in [-0.15, -0.1) is 0 Å². The molecular weight excluding hydrogens is 256 g/mol. The van der Waals surface area contributed by atoms with E-state index in [1.165, 1.54) is 12.8 Å². The summed E-state index contributed by atoms with van der Waals surface area (Å²) in [6.45, 7) is 5.44. The second kappa shape index (κ2) is 5.62. The zero-order valence-corrected chi connectivity index (χ0v) is 12.8. The lowest BCUT2D eigenvalue weighted by molar-refractivity contribution is -0.124. The fraction of sp³-hybridized carbons (Fsp3) is 0.867. The number of carbonyl (C=O) groups excluding carboxylic acids is 2. The van der Waals surface area contributed by atoms with E-state index in [0.717, 1.165) is 25.7 Å². The van der Waals surface area contributed by atoms with Crippen LogP contribution < -0.4 is 10.6 Å². The summed E-state index contributed by atoms with van der Waals surface area (Å²) in [7, 11) is 0. The number of hydrogen-bond donors (Lipinski definition) is 2. The molecule has 1 saturated heterocycles. The van der Waals surface area contributed by atoms with Crippen LogP contribution in [0.15, 0.2) is 0 Å². The average molecular weight is 282 g/mol. The smallest absolute Gasteiger partial charge is 0.408 e. The van der Waals surface area contributed by atoms with Crippen LogP contribution in [0.3, 0.4) is 0 Å². The van der Waals surface area contributed by atoms with E-state index in [0.29, 0.717) is 6.42 Å². The zero-order valence-electron chi connectivity index (χ0n) is 12.8. The molecular formula is C15H26N2O3. The topological polar surface area (TPSA) is 67.4 Å². The Morgan fingerprint density at radius 1 is 1.25 bits per heavy atom. The highest BCUT2D eigenvalue weighted by molar-refractivity contribution is 5.86. The maximum absolute atomic E-state index is 12.3. The summed E-state index contributed by atoms with van der Waals surface area (Å²) in [5.74, 6) is -0.0599. The summed E-state index contributed by atoms with van der Waals surface area (Å²) in [6, 6.07) is -0.468. The van der Waals surface area contributed by atoms with Gasteiger partial charge >= 0.3 is 6.09 Å². The SMILES string of the molecule is CC(C)(C)OC(=O)NC1CCCC2(CCCC2)NC1=O. The van der Waals surface area contributed by atoms with E-state index in [1.807, 2.05) is 20.8 Å². The summed E-state index contributed by atoms with van der Waals surface area (Å²) in [5.41, 5.74) is -0.556. The molecule has 2 fully saturated rings. The minimum Gasteiger partial charge on any atom is -0.444 e. The van der Waals surface area contributed by atoms with Crippen molar-refractivity contribution in [2.45, 2.75) is 82.9 Å². The van der Waals surface area contributed by atoms with Crippen molar-refractivity contribution < 1.29 is 14.3 Å². The van der Waals surface area contributed by atoms with Crippen LogP contribution in [0.1, 0.15) is 65.7 Å². The third kappa shape index (κ3) is 3.87. The number of carbonyl (C=O) groups is 2. The summed E-state index contributed by atoms with van der Waals surface area (Å²) in [6.07, 6.45) is 6.65. The Labute approximate surface area is 120 Å². The molecule has 1 heterocycles. The molecule has 1 spiro atoms. The maximum Gasteiger partial charge on any atom is 0.408 e. The second-order valence-corrected chi connectivity index (χ2v) is 7.07. The Hall–Kier alpha value is -1.26. The van der Waals surface area contributed by atoms with E-state index in [9.17, 15) is 9.59 Å². The third-order valence-corrected chi connectivity index (χ3v) is 4.10. The Balaban J connectivity index is 1.93. The highest BCUT2D eigenvalue weighted by atomic mass is 16.6. The highest BCUT2D eigenvalue weighted by Gasteiger charge is 2.39. The number of ether oxygens (including phenoxy) is 1. The van der Waals surface area contributed by atoms with Gasteiger partial charge in [-0.2, -0.15) is 0 Å². The molecule has 1 aliphatic carbocycles. The minimum absolute atomic E-state index is 0.0125. The van der Waals surface area contributed by atoms with E-state index in [-0.39, 0.29) is 11.4 Å². The lowest BCUT2D eigenvalue weighted by atomic mass is 9.92. The van der Waals surface area contributed by atoms with Gasteiger partial charge in [0.2, 0.25) is 5.91 Å². The molecule has 1 unspecified atom stereocenters. The predicted molar refractivity (Wildman–Crippen MR) is 76.4 cm³/mol. The van der Waals surface area contributed by atoms with E-state index in [2.05, 4.69) is 10.6 Å². The lowest BCUT2D eigenvalue weighted by Gasteiger charge is -2.29. The van der Waals surface area contributed by atoms with Crippen LogP contribution in [0.4, 0.5) is 4.79 Å². The third-order valence-electron chi connectivity index (χ3n) is 4.10. The van der Waals surface area contributed by atoms with Crippen molar-refractivity contribution in [3.8, 4) is 0 Å². The number of rotatable bonds is 1. The highest BCUT2D eigenvalue weighted by Crippen LogP contribution is 2.35. The van der Waals surface area contributed by atoms with Gasteiger partial charge in [-0.1, -0.05) is 12.8 Å². The van der Waals surface area contributed by atoms with Gasteiger partial charge in [-0.25, -0.2) is 4.79 Å². The van der Waals surface area contributed by atoms with Gasteiger partial charge in [0.15, 0.2) is 0 Å². The van der Waals surface area contributed by atoms with Crippen LogP contribution in [0, 0.1) is 0 Å². The minimum atomic E-state index is -0.544.